The van der Waals surface area contributed by atoms with E-state index in [-0.39, 0.29) is 12.0 Å². The number of anilines is 2. The third kappa shape index (κ3) is 4.22. The van der Waals surface area contributed by atoms with Crippen molar-refractivity contribution in [1.82, 2.24) is 34.7 Å². The molecule has 10 heteroatoms. The SMILES string of the molecule is CC(C)Nc1ccnc(N2CCC(C(CC#N)n3cc(-c4ncnc5[nH]ccc45)cn3)C2)n1. The number of rotatable bonds is 7. The van der Waals surface area contributed by atoms with Gasteiger partial charge in [-0.2, -0.15) is 15.3 Å². The fraction of sp³-hybridized carbons (Fsp3) is 0.391. The van der Waals surface area contributed by atoms with Gasteiger partial charge in [0.1, 0.15) is 17.8 Å². The smallest absolute Gasteiger partial charge is 0.227 e. The van der Waals surface area contributed by atoms with Crippen LogP contribution in [-0.2, 0) is 0 Å². The van der Waals surface area contributed by atoms with Gasteiger partial charge in [-0.1, -0.05) is 0 Å². The van der Waals surface area contributed by atoms with Crippen LogP contribution in [0.3, 0.4) is 0 Å². The van der Waals surface area contributed by atoms with Gasteiger partial charge in [-0.3, -0.25) is 4.68 Å². The molecule has 5 heterocycles. The molecule has 10 nitrogen and oxygen atoms in total. The van der Waals surface area contributed by atoms with Crippen molar-refractivity contribution in [2.45, 2.75) is 38.8 Å². The van der Waals surface area contributed by atoms with E-state index in [9.17, 15) is 5.26 Å². The Labute approximate surface area is 191 Å². The van der Waals surface area contributed by atoms with Gasteiger partial charge in [0, 0.05) is 54.6 Å². The van der Waals surface area contributed by atoms with Gasteiger partial charge in [0.05, 0.1) is 30.4 Å². The minimum atomic E-state index is -0.0331. The molecule has 0 amide bonds. The van der Waals surface area contributed by atoms with Gasteiger partial charge < -0.3 is 15.2 Å². The number of H-pyrrole nitrogens is 1. The molecule has 0 spiro atoms. The number of aromatic amines is 1. The van der Waals surface area contributed by atoms with Crippen LogP contribution in [0.15, 0.2) is 43.2 Å². The van der Waals surface area contributed by atoms with E-state index in [4.69, 9.17) is 0 Å². The second-order valence-corrected chi connectivity index (χ2v) is 8.64. The van der Waals surface area contributed by atoms with Crippen molar-refractivity contribution in [3.63, 3.8) is 0 Å². The zero-order valence-electron chi connectivity index (χ0n) is 18.7. The predicted octanol–water partition coefficient (Wildman–Crippen LogP) is 3.41. The molecule has 0 aromatic carbocycles. The van der Waals surface area contributed by atoms with Crippen LogP contribution < -0.4 is 10.2 Å². The zero-order valence-corrected chi connectivity index (χ0v) is 18.7. The molecule has 1 aliphatic rings. The van der Waals surface area contributed by atoms with Crippen LogP contribution in [0.1, 0.15) is 32.7 Å². The summed E-state index contributed by atoms with van der Waals surface area (Å²) in [7, 11) is 0. The molecule has 4 aromatic rings. The van der Waals surface area contributed by atoms with Gasteiger partial charge >= 0.3 is 0 Å². The Morgan fingerprint density at radius 1 is 1.27 bits per heavy atom. The normalized spacial score (nSPS) is 16.9. The summed E-state index contributed by atoms with van der Waals surface area (Å²) >= 11 is 0. The molecule has 0 saturated carbocycles. The molecule has 0 aliphatic carbocycles. The number of nitriles is 1. The van der Waals surface area contributed by atoms with Crippen molar-refractivity contribution in [3.8, 4) is 17.3 Å². The lowest BCUT2D eigenvalue weighted by Gasteiger charge is -2.22. The molecular formula is C23H26N10. The molecule has 1 aliphatic heterocycles. The summed E-state index contributed by atoms with van der Waals surface area (Å²) in [6.07, 6.45) is 10.3. The molecule has 0 radical (unpaired) electrons. The lowest BCUT2D eigenvalue weighted by atomic mass is 9.96. The molecule has 2 atom stereocenters. The van der Waals surface area contributed by atoms with Crippen LogP contribution in [0, 0.1) is 17.2 Å². The Kier molecular flexibility index (Phi) is 5.60. The summed E-state index contributed by atoms with van der Waals surface area (Å²) in [5, 5.41) is 18.4. The molecule has 1 saturated heterocycles. The highest BCUT2D eigenvalue weighted by molar-refractivity contribution is 5.89. The van der Waals surface area contributed by atoms with Crippen LogP contribution in [0.5, 0.6) is 0 Å². The van der Waals surface area contributed by atoms with Gasteiger partial charge in [0.15, 0.2) is 0 Å². The molecule has 2 N–H and O–H groups in total. The third-order valence-corrected chi connectivity index (χ3v) is 6.00. The second kappa shape index (κ2) is 8.86. The summed E-state index contributed by atoms with van der Waals surface area (Å²) in [4.78, 5) is 23.2. The van der Waals surface area contributed by atoms with Gasteiger partial charge in [-0.25, -0.2) is 15.0 Å². The van der Waals surface area contributed by atoms with E-state index in [1.165, 1.54) is 0 Å². The Bertz CT molecular complexity index is 1280. The van der Waals surface area contributed by atoms with Crippen molar-refractivity contribution in [1.29, 1.82) is 5.26 Å². The molecule has 1 fully saturated rings. The number of hydrogen-bond acceptors (Lipinski definition) is 8. The molecule has 4 aromatic heterocycles. The number of aromatic nitrogens is 7. The van der Waals surface area contributed by atoms with Crippen molar-refractivity contribution in [2.75, 3.05) is 23.3 Å². The summed E-state index contributed by atoms with van der Waals surface area (Å²) in [6.45, 7) is 5.80. The summed E-state index contributed by atoms with van der Waals surface area (Å²) < 4.78 is 1.92. The van der Waals surface area contributed by atoms with Crippen LogP contribution in [0.25, 0.3) is 22.3 Å². The zero-order chi connectivity index (χ0) is 22.8. The van der Waals surface area contributed by atoms with Crippen LogP contribution in [0.4, 0.5) is 11.8 Å². The fourth-order valence-electron chi connectivity index (χ4n) is 4.47. The lowest BCUT2D eigenvalue weighted by Crippen LogP contribution is -2.26. The summed E-state index contributed by atoms with van der Waals surface area (Å²) in [5.41, 5.74) is 2.54. The van der Waals surface area contributed by atoms with E-state index >= 15 is 0 Å². The highest BCUT2D eigenvalue weighted by atomic mass is 15.3. The first-order valence-corrected chi connectivity index (χ1v) is 11.2. The van der Waals surface area contributed by atoms with Crippen molar-refractivity contribution in [3.05, 3.63) is 43.2 Å². The van der Waals surface area contributed by atoms with Crippen LogP contribution in [0.2, 0.25) is 0 Å². The van der Waals surface area contributed by atoms with Crippen molar-refractivity contribution in [2.24, 2.45) is 5.92 Å². The minimum absolute atomic E-state index is 0.0331. The van der Waals surface area contributed by atoms with Gasteiger partial charge in [0.25, 0.3) is 0 Å². The standard InChI is InChI=1S/C23H26N10/c1-15(2)30-20-5-9-26-23(31-20)32-10-6-16(12-32)19(3-7-24)33-13-17(11-29-33)21-18-4-8-25-22(18)28-14-27-21/h4-5,8-9,11,13-16,19H,3,6,10,12H2,1-2H3,(H,25,27,28)(H,26,30,31). The van der Waals surface area contributed by atoms with Gasteiger partial charge in [-0.05, 0) is 32.4 Å². The molecular weight excluding hydrogens is 416 g/mol. The molecule has 168 valence electrons. The van der Waals surface area contributed by atoms with E-state index < -0.39 is 0 Å². The molecule has 0 bridgehead atoms. The Hall–Kier alpha value is -4.00. The van der Waals surface area contributed by atoms with E-state index in [2.05, 4.69) is 60.2 Å². The number of nitrogens with zero attached hydrogens (tertiary/aromatic N) is 8. The topological polar surface area (TPSA) is 124 Å². The van der Waals surface area contributed by atoms with E-state index in [0.717, 1.165) is 53.6 Å². The first kappa shape index (κ1) is 20.9. The first-order valence-electron chi connectivity index (χ1n) is 11.2. The quantitative estimate of drug-likeness (QED) is 0.446. The predicted molar refractivity (Wildman–Crippen MR) is 125 cm³/mol. The number of nitrogens with one attached hydrogen (secondary N) is 2. The number of fused-ring (bicyclic) bond motifs is 1. The maximum atomic E-state index is 9.54. The average Bonchev–Trinajstić information content (AvgIpc) is 3.58. The van der Waals surface area contributed by atoms with Crippen LogP contribution in [-0.4, -0.2) is 53.8 Å². The first-order chi connectivity index (χ1) is 16.1. The summed E-state index contributed by atoms with van der Waals surface area (Å²) in [5.74, 6) is 1.81. The minimum Gasteiger partial charge on any atom is -0.368 e. The van der Waals surface area contributed by atoms with E-state index in [1.807, 2.05) is 35.4 Å². The van der Waals surface area contributed by atoms with Crippen molar-refractivity contribution < 1.29 is 0 Å². The monoisotopic (exact) mass is 442 g/mol. The van der Waals surface area contributed by atoms with E-state index in [0.29, 0.717) is 12.5 Å². The molecule has 5 rings (SSSR count). The van der Waals surface area contributed by atoms with E-state index in [1.54, 1.807) is 12.5 Å². The van der Waals surface area contributed by atoms with Crippen molar-refractivity contribution >= 4 is 22.8 Å². The van der Waals surface area contributed by atoms with Gasteiger partial charge in [-0.15, -0.1) is 0 Å². The molecule has 33 heavy (non-hydrogen) atoms. The van der Waals surface area contributed by atoms with Crippen LogP contribution >= 0.6 is 0 Å². The summed E-state index contributed by atoms with van der Waals surface area (Å²) in [6, 6.07) is 6.47. The maximum Gasteiger partial charge on any atom is 0.227 e. The second-order valence-electron chi connectivity index (χ2n) is 8.64. The highest BCUT2D eigenvalue weighted by Crippen LogP contribution is 2.33. The third-order valence-electron chi connectivity index (χ3n) is 6.00. The Morgan fingerprint density at radius 3 is 3.03 bits per heavy atom. The number of hydrogen-bond donors (Lipinski definition) is 2. The Balaban J connectivity index is 1.36. The fourth-order valence-corrected chi connectivity index (χ4v) is 4.47. The maximum absolute atomic E-state index is 9.54. The molecule has 2 unspecified atom stereocenters. The largest absolute Gasteiger partial charge is 0.368 e. The Morgan fingerprint density at radius 2 is 2.18 bits per heavy atom. The van der Waals surface area contributed by atoms with Gasteiger partial charge in [0.2, 0.25) is 5.95 Å². The highest BCUT2D eigenvalue weighted by Gasteiger charge is 2.32. The lowest BCUT2D eigenvalue weighted by molar-refractivity contribution is 0.332. The average molecular weight is 443 g/mol.